The number of amides is 2. The van der Waals surface area contributed by atoms with Crippen molar-refractivity contribution in [1.82, 2.24) is 20.6 Å². The number of hydrogen-bond acceptors (Lipinski definition) is 6. The van der Waals surface area contributed by atoms with E-state index in [2.05, 4.69) is 20.6 Å². The first-order chi connectivity index (χ1) is 18.5. The van der Waals surface area contributed by atoms with Gasteiger partial charge in [0.25, 0.3) is 11.8 Å². The van der Waals surface area contributed by atoms with Crippen LogP contribution in [0.3, 0.4) is 0 Å². The maximum atomic E-state index is 13.0. The van der Waals surface area contributed by atoms with Crippen LogP contribution in [0.15, 0.2) is 110 Å². The average Bonchev–Trinajstić information content (AvgIpc) is 2.97. The minimum Gasteiger partial charge on any atom is -0.388 e. The third-order valence-electron chi connectivity index (χ3n) is 6.25. The highest BCUT2D eigenvalue weighted by atomic mass is 16.3. The molecule has 0 bridgehead atoms. The molecular weight excluding hydrogens is 480 g/mol. The van der Waals surface area contributed by atoms with Gasteiger partial charge in [0, 0.05) is 24.8 Å². The highest BCUT2D eigenvalue weighted by Crippen LogP contribution is 2.16. The second-order valence-electron chi connectivity index (χ2n) is 9.00. The number of carbonyl (C=O) groups excluding carboxylic acids is 2. The summed E-state index contributed by atoms with van der Waals surface area (Å²) in [5, 5.41) is 28.6. The molecule has 4 unspecified atom stereocenters. The first-order valence-electron chi connectivity index (χ1n) is 12.4. The molecule has 4 N–H and O–H groups in total. The Morgan fingerprint density at radius 2 is 1.00 bits per heavy atom. The van der Waals surface area contributed by atoms with Crippen LogP contribution in [0.2, 0.25) is 0 Å². The lowest BCUT2D eigenvalue weighted by Gasteiger charge is -2.33. The number of aliphatic hydroxyl groups is 2. The Hall–Kier alpha value is -4.40. The van der Waals surface area contributed by atoms with Crippen molar-refractivity contribution in [2.75, 3.05) is 0 Å². The molecule has 8 heteroatoms. The van der Waals surface area contributed by atoms with E-state index in [0.717, 1.165) is 11.1 Å². The summed E-state index contributed by atoms with van der Waals surface area (Å²) in [6.45, 7) is 0. The molecule has 0 fully saturated rings. The van der Waals surface area contributed by atoms with Gasteiger partial charge in [-0.25, -0.2) is 0 Å². The van der Waals surface area contributed by atoms with Gasteiger partial charge in [-0.2, -0.15) is 0 Å². The SMILES string of the molecule is O=C(NC(Cc1ccccc1)C(O)C(O)C(Cc1ccccc1)NC(=O)c1cccnc1)c1cccnc1. The van der Waals surface area contributed by atoms with Crippen LogP contribution in [0.5, 0.6) is 0 Å². The van der Waals surface area contributed by atoms with Crippen LogP contribution in [0, 0.1) is 0 Å². The lowest BCUT2D eigenvalue weighted by Crippen LogP contribution is -2.57. The zero-order valence-corrected chi connectivity index (χ0v) is 20.7. The monoisotopic (exact) mass is 510 g/mol. The Morgan fingerprint density at radius 1 is 0.605 bits per heavy atom. The van der Waals surface area contributed by atoms with E-state index >= 15 is 0 Å². The minimum absolute atomic E-state index is 0.264. The molecule has 2 aromatic heterocycles. The van der Waals surface area contributed by atoms with Crippen LogP contribution < -0.4 is 10.6 Å². The van der Waals surface area contributed by atoms with Crippen LogP contribution >= 0.6 is 0 Å². The molecule has 4 atom stereocenters. The molecule has 194 valence electrons. The molecule has 0 aliphatic rings. The maximum absolute atomic E-state index is 13.0. The van der Waals surface area contributed by atoms with E-state index < -0.39 is 36.1 Å². The van der Waals surface area contributed by atoms with Crippen molar-refractivity contribution < 1.29 is 19.8 Å². The van der Waals surface area contributed by atoms with Gasteiger partial charge in [0.2, 0.25) is 0 Å². The second-order valence-corrected chi connectivity index (χ2v) is 9.00. The number of nitrogens with one attached hydrogen (secondary N) is 2. The van der Waals surface area contributed by atoms with Gasteiger partial charge in [-0.05, 0) is 48.2 Å². The highest BCUT2D eigenvalue weighted by molar-refractivity contribution is 5.94. The van der Waals surface area contributed by atoms with E-state index in [1.54, 1.807) is 36.7 Å². The molecule has 0 spiro atoms. The summed E-state index contributed by atoms with van der Waals surface area (Å²) in [5.41, 5.74) is 2.40. The number of nitrogens with zero attached hydrogens (tertiary/aromatic N) is 2. The van der Waals surface area contributed by atoms with Gasteiger partial charge in [0.15, 0.2) is 0 Å². The second kappa shape index (κ2) is 13.2. The normalized spacial score (nSPS) is 14.1. The number of aliphatic hydroxyl groups excluding tert-OH is 2. The Kier molecular flexibility index (Phi) is 9.28. The molecule has 8 nitrogen and oxygen atoms in total. The standard InChI is InChI=1S/C30H30N4O4/c35-27(25(17-21-9-3-1-4-10-21)33-29(37)23-13-7-15-31-19-23)28(36)26(18-22-11-5-2-6-12-22)34-30(38)24-14-8-16-32-20-24/h1-16,19-20,25-28,35-36H,17-18H2,(H,33,37)(H,34,38). The molecular formula is C30H30N4O4. The largest absolute Gasteiger partial charge is 0.388 e. The Balaban J connectivity index is 1.59. The van der Waals surface area contributed by atoms with Gasteiger partial charge < -0.3 is 20.8 Å². The summed E-state index contributed by atoms with van der Waals surface area (Å²) in [5.74, 6) is -0.853. The van der Waals surface area contributed by atoms with E-state index in [9.17, 15) is 19.8 Å². The molecule has 4 aromatic rings. The lowest BCUT2D eigenvalue weighted by atomic mass is 9.90. The summed E-state index contributed by atoms with van der Waals surface area (Å²) in [4.78, 5) is 33.9. The quantitative estimate of drug-likeness (QED) is 0.246. The number of hydrogen-bond donors (Lipinski definition) is 4. The fourth-order valence-electron chi connectivity index (χ4n) is 4.22. The number of rotatable bonds is 11. The lowest BCUT2D eigenvalue weighted by molar-refractivity contribution is -0.0219. The van der Waals surface area contributed by atoms with Crippen LogP contribution in [0.25, 0.3) is 0 Å². The molecule has 0 radical (unpaired) electrons. The minimum atomic E-state index is -1.40. The highest BCUT2D eigenvalue weighted by Gasteiger charge is 2.34. The molecule has 2 amide bonds. The maximum Gasteiger partial charge on any atom is 0.253 e. The van der Waals surface area contributed by atoms with Crippen molar-refractivity contribution in [3.8, 4) is 0 Å². The summed E-state index contributed by atoms with van der Waals surface area (Å²) in [7, 11) is 0. The number of aromatic nitrogens is 2. The van der Waals surface area contributed by atoms with Crippen molar-refractivity contribution in [3.05, 3.63) is 132 Å². The average molecular weight is 511 g/mol. The van der Waals surface area contributed by atoms with Crippen LogP contribution in [0.1, 0.15) is 31.8 Å². The molecule has 0 saturated carbocycles. The molecule has 0 saturated heterocycles. The molecule has 0 aliphatic heterocycles. The van der Waals surface area contributed by atoms with Crippen LogP contribution in [0.4, 0.5) is 0 Å². The van der Waals surface area contributed by atoms with Crippen LogP contribution in [-0.4, -0.2) is 56.3 Å². The number of benzene rings is 2. The first kappa shape index (κ1) is 26.7. The van der Waals surface area contributed by atoms with E-state index in [0.29, 0.717) is 11.1 Å². The Morgan fingerprint density at radius 3 is 1.34 bits per heavy atom. The van der Waals surface area contributed by atoms with Gasteiger partial charge in [-0.1, -0.05) is 60.7 Å². The van der Waals surface area contributed by atoms with Gasteiger partial charge in [-0.3, -0.25) is 19.6 Å². The molecule has 0 aliphatic carbocycles. The number of pyridine rings is 2. The van der Waals surface area contributed by atoms with E-state index in [1.807, 2.05) is 60.7 Å². The van der Waals surface area contributed by atoms with Gasteiger partial charge >= 0.3 is 0 Å². The van der Waals surface area contributed by atoms with Crippen molar-refractivity contribution in [1.29, 1.82) is 0 Å². The van der Waals surface area contributed by atoms with Crippen LogP contribution in [-0.2, 0) is 12.8 Å². The Bertz CT molecular complexity index is 1190. The predicted molar refractivity (Wildman–Crippen MR) is 143 cm³/mol. The summed E-state index contributed by atoms with van der Waals surface area (Å²) < 4.78 is 0. The smallest absolute Gasteiger partial charge is 0.253 e. The van der Waals surface area contributed by atoms with Gasteiger partial charge in [0.1, 0.15) is 12.2 Å². The van der Waals surface area contributed by atoms with Crippen molar-refractivity contribution in [2.45, 2.75) is 37.1 Å². The third-order valence-corrected chi connectivity index (χ3v) is 6.25. The summed E-state index contributed by atoms with van der Waals surface area (Å²) in [6, 6.07) is 23.6. The van der Waals surface area contributed by atoms with E-state index in [1.165, 1.54) is 12.4 Å². The first-order valence-corrected chi connectivity index (χ1v) is 12.4. The van der Waals surface area contributed by atoms with Crippen molar-refractivity contribution in [2.24, 2.45) is 0 Å². The number of carbonyl (C=O) groups is 2. The predicted octanol–water partition coefficient (Wildman–Crippen LogP) is 2.58. The topological polar surface area (TPSA) is 124 Å². The molecule has 2 heterocycles. The zero-order valence-electron chi connectivity index (χ0n) is 20.7. The molecule has 4 rings (SSSR count). The molecule has 2 aromatic carbocycles. The molecule has 38 heavy (non-hydrogen) atoms. The van der Waals surface area contributed by atoms with E-state index in [-0.39, 0.29) is 12.8 Å². The van der Waals surface area contributed by atoms with Crippen molar-refractivity contribution in [3.63, 3.8) is 0 Å². The third kappa shape index (κ3) is 7.32. The summed E-state index contributed by atoms with van der Waals surface area (Å²) >= 11 is 0. The fourth-order valence-corrected chi connectivity index (χ4v) is 4.22. The summed E-state index contributed by atoms with van der Waals surface area (Å²) in [6.07, 6.45) is 3.72. The van der Waals surface area contributed by atoms with Gasteiger partial charge in [-0.15, -0.1) is 0 Å². The van der Waals surface area contributed by atoms with Gasteiger partial charge in [0.05, 0.1) is 23.2 Å². The van der Waals surface area contributed by atoms with Crippen molar-refractivity contribution >= 4 is 11.8 Å². The fraction of sp³-hybridized carbons (Fsp3) is 0.200. The van der Waals surface area contributed by atoms with E-state index in [4.69, 9.17) is 0 Å². The zero-order chi connectivity index (χ0) is 26.7. The Labute approximate surface area is 221 Å².